The van der Waals surface area contributed by atoms with Gasteiger partial charge in [-0.25, -0.2) is 4.79 Å². The van der Waals surface area contributed by atoms with E-state index in [4.69, 9.17) is 4.74 Å². The van der Waals surface area contributed by atoms with Crippen LogP contribution in [0.4, 0.5) is 4.79 Å². The molecule has 0 aromatic carbocycles. The van der Waals surface area contributed by atoms with E-state index in [9.17, 15) is 4.79 Å². The summed E-state index contributed by atoms with van der Waals surface area (Å²) in [7, 11) is 0. The lowest BCUT2D eigenvalue weighted by atomic mass is 10.1. The Morgan fingerprint density at radius 2 is 2.46 bits per heavy atom. The number of hydrogen-bond acceptors (Lipinski definition) is 3. The highest BCUT2D eigenvalue weighted by Crippen LogP contribution is 2.24. The second kappa shape index (κ2) is 3.54. The highest BCUT2D eigenvalue weighted by Gasteiger charge is 2.38. The van der Waals surface area contributed by atoms with Crippen molar-refractivity contribution in [2.75, 3.05) is 26.2 Å². The highest BCUT2D eigenvalue weighted by atomic mass is 16.6. The van der Waals surface area contributed by atoms with Crippen molar-refractivity contribution in [3.8, 4) is 0 Å². The minimum atomic E-state index is -0.154. The number of likely N-dealkylation sites (tertiary alicyclic amines) is 1. The first-order chi connectivity index (χ1) is 6.31. The Bertz CT molecular complexity index is 196. The number of amides is 1. The van der Waals surface area contributed by atoms with Crippen molar-refractivity contribution in [1.82, 2.24) is 10.2 Å². The molecule has 0 saturated carbocycles. The molecule has 2 rings (SSSR count). The molecule has 4 heteroatoms. The zero-order chi connectivity index (χ0) is 9.26. The number of nitrogens with zero attached hydrogens (tertiary/aromatic N) is 1. The molecule has 2 heterocycles. The van der Waals surface area contributed by atoms with Crippen LogP contribution < -0.4 is 5.32 Å². The van der Waals surface area contributed by atoms with Gasteiger partial charge >= 0.3 is 6.09 Å². The van der Waals surface area contributed by atoms with Crippen LogP contribution in [0, 0.1) is 5.92 Å². The van der Waals surface area contributed by atoms with Gasteiger partial charge in [-0.3, -0.25) is 0 Å². The predicted molar refractivity (Wildman–Crippen MR) is 48.5 cm³/mol. The fourth-order valence-corrected chi connectivity index (χ4v) is 2.21. The maximum Gasteiger partial charge on any atom is 0.409 e. The van der Waals surface area contributed by atoms with Gasteiger partial charge in [-0.15, -0.1) is 0 Å². The molecule has 2 aliphatic heterocycles. The lowest BCUT2D eigenvalue weighted by Crippen LogP contribution is -2.34. The molecule has 0 radical (unpaired) electrons. The van der Waals surface area contributed by atoms with Crippen LogP contribution in [0.5, 0.6) is 0 Å². The molecule has 0 aliphatic carbocycles. The van der Waals surface area contributed by atoms with Crippen LogP contribution >= 0.6 is 0 Å². The van der Waals surface area contributed by atoms with Crippen molar-refractivity contribution >= 4 is 6.09 Å². The summed E-state index contributed by atoms with van der Waals surface area (Å²) in [5.74, 6) is 0.657. The van der Waals surface area contributed by atoms with E-state index in [1.807, 2.05) is 11.8 Å². The van der Waals surface area contributed by atoms with Gasteiger partial charge < -0.3 is 15.0 Å². The minimum Gasteiger partial charge on any atom is -0.450 e. The summed E-state index contributed by atoms with van der Waals surface area (Å²) >= 11 is 0. The van der Waals surface area contributed by atoms with Crippen LogP contribution in [-0.2, 0) is 4.74 Å². The molecule has 0 aromatic rings. The summed E-state index contributed by atoms with van der Waals surface area (Å²) in [5, 5.41) is 3.40. The van der Waals surface area contributed by atoms with Crippen LogP contribution in [0.1, 0.15) is 13.3 Å². The summed E-state index contributed by atoms with van der Waals surface area (Å²) in [5.41, 5.74) is 0. The molecular formula is C9H16N2O2. The van der Waals surface area contributed by atoms with Crippen molar-refractivity contribution in [3.05, 3.63) is 0 Å². The Morgan fingerprint density at radius 3 is 3.15 bits per heavy atom. The monoisotopic (exact) mass is 184 g/mol. The molecule has 2 atom stereocenters. The zero-order valence-corrected chi connectivity index (χ0v) is 7.95. The van der Waals surface area contributed by atoms with E-state index >= 15 is 0 Å². The molecule has 1 N–H and O–H groups in total. The molecule has 0 bridgehead atoms. The van der Waals surface area contributed by atoms with Gasteiger partial charge in [-0.1, -0.05) is 0 Å². The van der Waals surface area contributed by atoms with Crippen LogP contribution in [0.15, 0.2) is 0 Å². The second-order valence-electron chi connectivity index (χ2n) is 3.71. The zero-order valence-electron chi connectivity index (χ0n) is 7.95. The van der Waals surface area contributed by atoms with Crippen LogP contribution in [0.25, 0.3) is 0 Å². The van der Waals surface area contributed by atoms with Gasteiger partial charge in [0.05, 0.1) is 6.61 Å². The first kappa shape index (κ1) is 8.81. The normalized spacial score (nSPS) is 31.9. The van der Waals surface area contributed by atoms with Gasteiger partial charge in [0, 0.05) is 19.1 Å². The largest absolute Gasteiger partial charge is 0.450 e. The number of ether oxygens (including phenoxy) is 1. The fraction of sp³-hybridized carbons (Fsp3) is 0.889. The van der Waals surface area contributed by atoms with E-state index in [1.165, 1.54) is 6.42 Å². The fourth-order valence-electron chi connectivity index (χ4n) is 2.21. The summed E-state index contributed by atoms with van der Waals surface area (Å²) in [4.78, 5) is 13.2. The molecule has 1 amide bonds. The van der Waals surface area contributed by atoms with Crippen molar-refractivity contribution < 1.29 is 9.53 Å². The van der Waals surface area contributed by atoms with E-state index in [-0.39, 0.29) is 6.09 Å². The number of rotatable bonds is 1. The summed E-state index contributed by atoms with van der Waals surface area (Å²) in [6.07, 6.45) is 1.04. The van der Waals surface area contributed by atoms with Crippen LogP contribution in [0.3, 0.4) is 0 Å². The average molecular weight is 184 g/mol. The van der Waals surface area contributed by atoms with Gasteiger partial charge in [-0.05, 0) is 25.8 Å². The number of fused-ring (bicyclic) bond motifs is 1. The standard InChI is InChI=1S/C9H16N2O2/c1-2-13-9(12)11-5-7-3-4-10-8(7)6-11/h7-8,10H,2-6H2,1H3/t7-,8-/m1/s1. The van der Waals surface area contributed by atoms with E-state index < -0.39 is 0 Å². The molecule has 0 aromatic heterocycles. The molecule has 2 aliphatic rings. The molecule has 74 valence electrons. The molecule has 2 saturated heterocycles. The van der Waals surface area contributed by atoms with E-state index in [0.29, 0.717) is 18.6 Å². The molecule has 13 heavy (non-hydrogen) atoms. The topological polar surface area (TPSA) is 41.6 Å². The summed E-state index contributed by atoms with van der Waals surface area (Å²) in [6.45, 7) is 5.11. The van der Waals surface area contributed by atoms with E-state index in [0.717, 1.165) is 19.6 Å². The lowest BCUT2D eigenvalue weighted by molar-refractivity contribution is 0.113. The molecular weight excluding hydrogens is 168 g/mol. The van der Waals surface area contributed by atoms with Crippen molar-refractivity contribution in [2.24, 2.45) is 5.92 Å². The Balaban J connectivity index is 1.87. The van der Waals surface area contributed by atoms with Crippen molar-refractivity contribution in [2.45, 2.75) is 19.4 Å². The minimum absolute atomic E-state index is 0.154. The Labute approximate surface area is 78.2 Å². The van der Waals surface area contributed by atoms with Crippen LogP contribution in [0.2, 0.25) is 0 Å². The number of carbonyl (C=O) groups excluding carboxylic acids is 1. The lowest BCUT2D eigenvalue weighted by Gasteiger charge is -2.16. The first-order valence-electron chi connectivity index (χ1n) is 4.96. The van der Waals surface area contributed by atoms with Crippen LogP contribution in [-0.4, -0.2) is 43.3 Å². The molecule has 2 fully saturated rings. The first-order valence-corrected chi connectivity index (χ1v) is 4.96. The Hall–Kier alpha value is -0.770. The SMILES string of the molecule is CCOC(=O)N1C[C@H]2CCN[C@@H]2C1. The number of carbonyl (C=O) groups is 1. The third-order valence-electron chi connectivity index (χ3n) is 2.89. The van der Waals surface area contributed by atoms with Gasteiger partial charge in [0.25, 0.3) is 0 Å². The highest BCUT2D eigenvalue weighted by molar-refractivity contribution is 5.68. The van der Waals surface area contributed by atoms with Gasteiger partial charge in [-0.2, -0.15) is 0 Å². The number of nitrogens with one attached hydrogen (secondary N) is 1. The molecule has 4 nitrogen and oxygen atoms in total. The maximum absolute atomic E-state index is 11.4. The smallest absolute Gasteiger partial charge is 0.409 e. The quantitative estimate of drug-likeness (QED) is 0.643. The number of hydrogen-bond donors (Lipinski definition) is 1. The maximum atomic E-state index is 11.4. The molecule has 0 unspecified atom stereocenters. The third-order valence-corrected chi connectivity index (χ3v) is 2.89. The average Bonchev–Trinajstić information content (AvgIpc) is 2.61. The molecule has 0 spiro atoms. The Kier molecular flexibility index (Phi) is 2.40. The van der Waals surface area contributed by atoms with Gasteiger partial charge in [0.2, 0.25) is 0 Å². The second-order valence-corrected chi connectivity index (χ2v) is 3.71. The van der Waals surface area contributed by atoms with E-state index in [2.05, 4.69) is 5.32 Å². The Morgan fingerprint density at radius 1 is 1.62 bits per heavy atom. The summed E-state index contributed by atoms with van der Waals surface area (Å²) < 4.78 is 4.95. The van der Waals surface area contributed by atoms with Crippen molar-refractivity contribution in [3.63, 3.8) is 0 Å². The van der Waals surface area contributed by atoms with Crippen molar-refractivity contribution in [1.29, 1.82) is 0 Å². The van der Waals surface area contributed by atoms with E-state index in [1.54, 1.807) is 0 Å². The van der Waals surface area contributed by atoms with Gasteiger partial charge in [0.1, 0.15) is 0 Å². The summed E-state index contributed by atoms with van der Waals surface area (Å²) in [6, 6.07) is 0.518. The van der Waals surface area contributed by atoms with Gasteiger partial charge in [0.15, 0.2) is 0 Å². The predicted octanol–water partition coefficient (Wildman–Crippen LogP) is 0.437. The third kappa shape index (κ3) is 1.63.